The third-order valence-corrected chi connectivity index (χ3v) is 16.3. The van der Waals surface area contributed by atoms with E-state index in [0.29, 0.717) is 68.1 Å². The van der Waals surface area contributed by atoms with E-state index in [2.05, 4.69) is 35.9 Å². The van der Waals surface area contributed by atoms with Gasteiger partial charge < -0.3 is 19.3 Å². The first-order chi connectivity index (χ1) is 31.8. The van der Waals surface area contributed by atoms with E-state index in [1.807, 2.05) is 39.2 Å². The average molecular weight is 994 g/mol. The Morgan fingerprint density at radius 1 is 0.697 bits per heavy atom. The average Bonchev–Trinajstić information content (AvgIpc) is 4.13. The van der Waals surface area contributed by atoms with Crippen LogP contribution in [-0.2, 0) is 30.6 Å². The molecule has 5 aromatic heterocycles. The first-order valence-corrected chi connectivity index (χ1v) is 24.8. The van der Waals surface area contributed by atoms with Crippen LogP contribution in [0, 0.1) is 11.8 Å². The van der Waals surface area contributed by atoms with Crippen molar-refractivity contribution in [2.24, 2.45) is 33.0 Å². The molecule has 10 atom stereocenters. The number of nitrogens with zero attached hydrogens (tertiary/aromatic N) is 12. The molecule has 6 aliphatic rings. The molecule has 0 N–H and O–H groups in total. The molecule has 1 aromatic carbocycles. The van der Waals surface area contributed by atoms with Gasteiger partial charge in [-0.05, 0) is 117 Å². The van der Waals surface area contributed by atoms with Crippen LogP contribution in [0.1, 0.15) is 103 Å². The van der Waals surface area contributed by atoms with Gasteiger partial charge in [0.05, 0.1) is 22.6 Å². The van der Waals surface area contributed by atoms with Gasteiger partial charge in [0.1, 0.15) is 33.4 Å². The van der Waals surface area contributed by atoms with Crippen molar-refractivity contribution in [2.75, 3.05) is 23.0 Å². The van der Waals surface area contributed by atoms with E-state index in [1.54, 1.807) is 37.3 Å². The summed E-state index contributed by atoms with van der Waals surface area (Å²) in [5, 5.41) is 16.0. The molecular formula is C46H56BrClF2N12O4. The van der Waals surface area contributed by atoms with Crippen LogP contribution >= 0.6 is 27.5 Å². The summed E-state index contributed by atoms with van der Waals surface area (Å²) in [6.07, 6.45) is 10.1. The van der Waals surface area contributed by atoms with Crippen molar-refractivity contribution in [3.63, 3.8) is 0 Å². The summed E-state index contributed by atoms with van der Waals surface area (Å²) < 4.78 is 51.0. The van der Waals surface area contributed by atoms with Crippen LogP contribution in [0.4, 0.5) is 20.7 Å². The fourth-order valence-electron chi connectivity index (χ4n) is 11.9. The van der Waals surface area contributed by atoms with E-state index in [0.717, 1.165) is 88.0 Å². The normalized spacial score (nSPS) is 29.9. The summed E-state index contributed by atoms with van der Waals surface area (Å²) in [7, 11) is 5.28. The van der Waals surface area contributed by atoms with Crippen LogP contribution in [0.5, 0.6) is 0 Å². The summed E-state index contributed by atoms with van der Waals surface area (Å²) in [6.45, 7) is 5.27. The van der Waals surface area contributed by atoms with Gasteiger partial charge in [-0.15, -0.1) is 0 Å². The van der Waals surface area contributed by atoms with Crippen molar-refractivity contribution in [3.8, 4) is 11.3 Å². The Kier molecular flexibility index (Phi) is 11.3. The van der Waals surface area contributed by atoms with Gasteiger partial charge in [-0.2, -0.15) is 25.3 Å². The number of hydrogen-bond donors (Lipinski definition) is 0. The van der Waals surface area contributed by atoms with E-state index >= 15 is 4.39 Å². The standard InChI is InChI=1S/C27H31ClFN7O2.C19H25BrFN5O2/c1-14-12-15-7-10-19(23(14)29)35(15)27-30-25-21(26(37)34(27)3)24(32-36(25)20-6-4-5-11-38-20)16-8-9-18-17(22(16)28)13-33(2)31-18;1-10-9-11-6-7-12(15(10)21)25(11)19-22-17-14(18(27)24(19)2)16(20)23-26(17)13-5-3-4-8-28-13/h8-9,13-15,19-20,23H,4-7,10-12H2,1-3H3;10-13,15H,3-9H2,1-2H3/t14-,15+,19-,20?,23+;10-,11+,12-,13?,15+/m00/s1. The zero-order chi connectivity index (χ0) is 45.9. The molecule has 20 heteroatoms. The van der Waals surface area contributed by atoms with Gasteiger partial charge in [0.15, 0.2) is 23.8 Å². The number of fused-ring (bicyclic) bond motifs is 7. The molecule has 2 unspecified atom stereocenters. The van der Waals surface area contributed by atoms with Crippen molar-refractivity contribution < 1.29 is 18.3 Å². The second-order valence-corrected chi connectivity index (χ2v) is 20.6. The van der Waals surface area contributed by atoms with Crippen molar-refractivity contribution in [1.82, 2.24) is 48.4 Å². The smallest absolute Gasteiger partial charge is 0.266 e. The maximum atomic E-state index is 15.3. The Balaban J connectivity index is 0.000000153. The highest BCUT2D eigenvalue weighted by Gasteiger charge is 2.49. The van der Waals surface area contributed by atoms with Crippen LogP contribution in [0.25, 0.3) is 44.2 Å². The minimum atomic E-state index is -0.950. The topological polar surface area (TPSA) is 148 Å². The lowest BCUT2D eigenvalue weighted by Gasteiger charge is -2.41. The Bertz CT molecular complexity index is 2980. The number of ether oxygens (including phenoxy) is 2. The number of rotatable bonds is 5. The molecule has 0 aliphatic carbocycles. The molecule has 4 bridgehead atoms. The molecule has 11 heterocycles. The van der Waals surface area contributed by atoms with Crippen LogP contribution in [0.2, 0.25) is 5.02 Å². The fraction of sp³-hybridized carbons (Fsp3) is 0.630. The summed E-state index contributed by atoms with van der Waals surface area (Å²) in [6, 6.07) is 3.66. The van der Waals surface area contributed by atoms with Crippen molar-refractivity contribution in [3.05, 3.63) is 48.7 Å². The lowest BCUT2D eigenvalue weighted by molar-refractivity contribution is -0.0372. The number of hydrogen-bond acceptors (Lipinski definition) is 11. The number of aryl methyl sites for hydroxylation is 1. The maximum absolute atomic E-state index is 15.3. The monoisotopic (exact) mass is 992 g/mol. The molecule has 6 aromatic rings. The maximum Gasteiger partial charge on any atom is 0.266 e. The zero-order valence-electron chi connectivity index (χ0n) is 37.9. The summed E-state index contributed by atoms with van der Waals surface area (Å²) in [5.74, 6) is 1.09. The molecule has 12 rings (SSSR count). The Morgan fingerprint density at radius 2 is 1.23 bits per heavy atom. The van der Waals surface area contributed by atoms with Gasteiger partial charge in [-0.25, -0.2) is 18.1 Å². The van der Waals surface area contributed by atoms with Gasteiger partial charge in [-0.1, -0.05) is 25.4 Å². The van der Waals surface area contributed by atoms with Gasteiger partial charge in [0.2, 0.25) is 11.9 Å². The van der Waals surface area contributed by atoms with E-state index in [4.69, 9.17) is 36.1 Å². The second kappa shape index (κ2) is 16.9. The highest BCUT2D eigenvalue weighted by Crippen LogP contribution is 2.45. The van der Waals surface area contributed by atoms with Crippen molar-refractivity contribution in [1.29, 1.82) is 0 Å². The second-order valence-electron chi connectivity index (χ2n) is 19.5. The highest BCUT2D eigenvalue weighted by atomic mass is 79.9. The number of benzene rings is 1. The quantitative estimate of drug-likeness (QED) is 0.165. The van der Waals surface area contributed by atoms with E-state index in [9.17, 15) is 14.0 Å². The molecule has 352 valence electrons. The molecule has 0 spiro atoms. The van der Waals surface area contributed by atoms with Gasteiger partial charge in [-0.3, -0.25) is 23.4 Å². The molecule has 6 fully saturated rings. The lowest BCUT2D eigenvalue weighted by atomic mass is 9.91. The van der Waals surface area contributed by atoms with Gasteiger partial charge >= 0.3 is 0 Å². The van der Waals surface area contributed by atoms with E-state index in [-0.39, 0.29) is 59.6 Å². The van der Waals surface area contributed by atoms with Crippen LogP contribution < -0.4 is 20.9 Å². The van der Waals surface area contributed by atoms with Crippen LogP contribution in [0.15, 0.2) is 32.5 Å². The first-order valence-electron chi connectivity index (χ1n) is 23.6. The molecule has 0 saturated carbocycles. The largest absolute Gasteiger partial charge is 0.356 e. The van der Waals surface area contributed by atoms with Crippen molar-refractivity contribution >= 4 is 72.4 Å². The molecule has 6 saturated heterocycles. The van der Waals surface area contributed by atoms with Crippen LogP contribution in [0.3, 0.4) is 0 Å². The molecule has 0 radical (unpaired) electrons. The first kappa shape index (κ1) is 44.1. The van der Waals surface area contributed by atoms with Crippen molar-refractivity contribution in [2.45, 2.75) is 140 Å². The Hall–Kier alpha value is -4.46. The fourth-order valence-corrected chi connectivity index (χ4v) is 12.8. The lowest BCUT2D eigenvalue weighted by Crippen LogP contribution is -2.51. The van der Waals surface area contributed by atoms with Crippen LogP contribution in [-0.4, -0.2) is 98.2 Å². The van der Waals surface area contributed by atoms with Gasteiger partial charge in [0.25, 0.3) is 11.1 Å². The summed E-state index contributed by atoms with van der Waals surface area (Å²) in [4.78, 5) is 41.3. The molecule has 0 amide bonds. The minimum Gasteiger partial charge on any atom is -0.356 e. The van der Waals surface area contributed by atoms with E-state index < -0.39 is 12.3 Å². The van der Waals surface area contributed by atoms with Gasteiger partial charge in [0, 0.05) is 63.6 Å². The number of piperidine rings is 2. The minimum absolute atomic E-state index is 0.00168. The molecule has 6 aliphatic heterocycles. The summed E-state index contributed by atoms with van der Waals surface area (Å²) in [5.41, 5.74) is 2.48. The zero-order valence-corrected chi connectivity index (χ0v) is 40.3. The molecular weight excluding hydrogens is 938 g/mol. The molecule has 66 heavy (non-hydrogen) atoms. The highest BCUT2D eigenvalue weighted by molar-refractivity contribution is 9.10. The van der Waals surface area contributed by atoms with E-state index in [1.165, 1.54) is 0 Å². The predicted octanol–water partition coefficient (Wildman–Crippen LogP) is 8.06. The number of anilines is 2. The molecule has 16 nitrogen and oxygen atoms in total. The number of aromatic nitrogens is 10. The summed E-state index contributed by atoms with van der Waals surface area (Å²) >= 11 is 10.3. The predicted molar refractivity (Wildman–Crippen MR) is 252 cm³/mol. The third kappa shape index (κ3) is 7.02. The Morgan fingerprint density at radius 3 is 1.77 bits per heavy atom. The number of halogens is 4. The SMILES string of the molecule is C[C@H]1C[C@H]2CC[C@@H]([C@@H]1F)N2c1nc2c(c(-c3ccc4nn(C)cc4c3Cl)nn2C2CCCCO2)c(=O)n1C.C[C@H]1C[C@H]2CC[C@@H]([C@@H]1F)N2c1nc2c(c(Br)nn2C2CCCCO2)c(=O)n1C. The Labute approximate surface area is 393 Å². The number of alkyl halides is 2. The third-order valence-electron chi connectivity index (χ3n) is 15.3.